The predicted molar refractivity (Wildman–Crippen MR) is 116 cm³/mol. The molecule has 0 atom stereocenters. The maximum absolute atomic E-state index is 14.2. The van der Waals surface area contributed by atoms with Crippen molar-refractivity contribution < 1.29 is 13.6 Å². The van der Waals surface area contributed by atoms with E-state index in [1.165, 1.54) is 53.6 Å². The Morgan fingerprint density at radius 3 is 2.33 bits per heavy atom. The topological polar surface area (TPSA) is 42.3 Å². The van der Waals surface area contributed by atoms with Crippen molar-refractivity contribution in [3.8, 4) is 10.4 Å². The number of thiophene rings is 1. The van der Waals surface area contributed by atoms with Gasteiger partial charge >= 0.3 is 0 Å². The molecule has 2 aromatic carbocycles. The number of benzene rings is 2. The summed E-state index contributed by atoms with van der Waals surface area (Å²) in [4.78, 5) is 27.7. The Bertz CT molecular complexity index is 1290. The molecule has 0 N–H and O–H groups in total. The molecule has 4 rings (SSSR count). The number of anilines is 1. The quantitative estimate of drug-likeness (QED) is 0.461. The molecule has 0 aliphatic rings. The molecule has 30 heavy (non-hydrogen) atoms. The van der Waals surface area contributed by atoms with Gasteiger partial charge in [-0.15, -0.1) is 11.3 Å². The van der Waals surface area contributed by atoms with Gasteiger partial charge < -0.3 is 9.47 Å². The molecule has 0 saturated carbocycles. The number of rotatable bonds is 4. The normalized spacial score (nSPS) is 11.1. The maximum Gasteiger partial charge on any atom is 0.223 e. The van der Waals surface area contributed by atoms with Gasteiger partial charge in [-0.1, -0.05) is 36.4 Å². The van der Waals surface area contributed by atoms with Gasteiger partial charge in [0.1, 0.15) is 16.5 Å². The molecule has 2 heterocycles. The smallest absolute Gasteiger partial charge is 0.223 e. The molecule has 2 aromatic heterocycles. The van der Waals surface area contributed by atoms with Gasteiger partial charge in [0, 0.05) is 31.8 Å². The fraction of sp³-hybridized carbons (Fsp3) is 0.130. The molecule has 7 heteroatoms. The first-order valence-corrected chi connectivity index (χ1v) is 10.1. The molecule has 4 aromatic rings. The third kappa shape index (κ3) is 3.41. The van der Waals surface area contributed by atoms with Crippen LogP contribution in [-0.2, 0) is 11.3 Å². The number of amides is 1. The minimum Gasteiger partial charge on any atom is -0.334 e. The van der Waals surface area contributed by atoms with E-state index in [1.807, 2.05) is 30.3 Å². The summed E-state index contributed by atoms with van der Waals surface area (Å²) >= 11 is 1.32. The average molecular weight is 424 g/mol. The summed E-state index contributed by atoms with van der Waals surface area (Å²) in [7, 11) is 1.61. The molecule has 0 bridgehead atoms. The Kier molecular flexibility index (Phi) is 5.22. The van der Waals surface area contributed by atoms with Gasteiger partial charge in [0.25, 0.3) is 0 Å². The van der Waals surface area contributed by atoms with Crippen molar-refractivity contribution in [3.05, 3.63) is 88.2 Å². The van der Waals surface area contributed by atoms with E-state index < -0.39 is 11.6 Å². The fourth-order valence-electron chi connectivity index (χ4n) is 3.38. The van der Waals surface area contributed by atoms with Gasteiger partial charge in [-0.3, -0.25) is 9.59 Å². The van der Waals surface area contributed by atoms with E-state index in [-0.39, 0.29) is 23.4 Å². The van der Waals surface area contributed by atoms with Crippen LogP contribution in [0.2, 0.25) is 0 Å². The van der Waals surface area contributed by atoms with E-state index in [0.29, 0.717) is 15.9 Å². The fourth-order valence-corrected chi connectivity index (χ4v) is 4.71. The van der Waals surface area contributed by atoms with Crippen molar-refractivity contribution in [2.75, 3.05) is 11.9 Å². The van der Waals surface area contributed by atoms with E-state index in [1.54, 1.807) is 11.6 Å². The van der Waals surface area contributed by atoms with Crippen LogP contribution >= 0.6 is 11.3 Å². The molecule has 152 valence electrons. The maximum atomic E-state index is 14.2. The lowest BCUT2D eigenvalue weighted by molar-refractivity contribution is -0.116. The van der Waals surface area contributed by atoms with Crippen molar-refractivity contribution in [1.29, 1.82) is 0 Å². The van der Waals surface area contributed by atoms with E-state index in [2.05, 4.69) is 0 Å². The van der Waals surface area contributed by atoms with Crippen LogP contribution in [0.1, 0.15) is 12.5 Å². The first-order chi connectivity index (χ1) is 14.4. The molecule has 0 aliphatic carbocycles. The first-order valence-electron chi connectivity index (χ1n) is 9.27. The summed E-state index contributed by atoms with van der Waals surface area (Å²) < 4.78 is 30.1. The zero-order valence-electron chi connectivity index (χ0n) is 16.4. The average Bonchev–Trinajstić information content (AvgIpc) is 3.14. The highest BCUT2D eigenvalue weighted by Gasteiger charge is 2.23. The zero-order valence-corrected chi connectivity index (χ0v) is 17.2. The van der Waals surface area contributed by atoms with Crippen LogP contribution in [-0.4, -0.2) is 17.5 Å². The highest BCUT2D eigenvalue weighted by atomic mass is 32.1. The predicted octanol–water partition coefficient (Wildman–Crippen LogP) is 5.04. The Labute approximate surface area is 175 Å². The SMILES string of the molecule is CC(=O)N(C)c1c(-c2ccccc2)sc2c1c(=O)ccn2Cc1c(F)cccc1F. The highest BCUT2D eigenvalue weighted by molar-refractivity contribution is 7.22. The molecular weight excluding hydrogens is 406 g/mol. The summed E-state index contributed by atoms with van der Waals surface area (Å²) in [6, 6.07) is 14.5. The summed E-state index contributed by atoms with van der Waals surface area (Å²) in [5.41, 5.74) is 1.02. The number of fused-ring (bicyclic) bond motifs is 1. The molecule has 0 unspecified atom stereocenters. The van der Waals surface area contributed by atoms with E-state index in [4.69, 9.17) is 0 Å². The first kappa shape index (κ1) is 20.0. The van der Waals surface area contributed by atoms with Gasteiger partial charge in [0.05, 0.1) is 22.5 Å². The Morgan fingerprint density at radius 2 is 1.70 bits per heavy atom. The van der Waals surface area contributed by atoms with Crippen LogP contribution in [0.4, 0.5) is 14.5 Å². The molecule has 0 fully saturated rings. The highest BCUT2D eigenvalue weighted by Crippen LogP contribution is 2.43. The van der Waals surface area contributed by atoms with E-state index >= 15 is 0 Å². The lowest BCUT2D eigenvalue weighted by Gasteiger charge is -2.16. The van der Waals surface area contributed by atoms with Crippen LogP contribution in [0.25, 0.3) is 20.7 Å². The van der Waals surface area contributed by atoms with Crippen LogP contribution < -0.4 is 10.3 Å². The van der Waals surface area contributed by atoms with Crippen molar-refractivity contribution >= 4 is 33.1 Å². The van der Waals surface area contributed by atoms with Crippen LogP contribution in [0.3, 0.4) is 0 Å². The second kappa shape index (κ2) is 7.84. The molecule has 0 saturated heterocycles. The van der Waals surface area contributed by atoms with E-state index in [0.717, 1.165) is 10.4 Å². The van der Waals surface area contributed by atoms with Gasteiger partial charge in [0.2, 0.25) is 5.91 Å². The van der Waals surface area contributed by atoms with Crippen molar-refractivity contribution in [1.82, 2.24) is 4.57 Å². The van der Waals surface area contributed by atoms with Gasteiger partial charge in [-0.05, 0) is 17.7 Å². The largest absolute Gasteiger partial charge is 0.334 e. The molecule has 0 radical (unpaired) electrons. The molecular formula is C23H18F2N2O2S. The Hall–Kier alpha value is -3.32. The minimum absolute atomic E-state index is 0.0761. The number of halogens is 2. The monoisotopic (exact) mass is 424 g/mol. The molecule has 0 spiro atoms. The van der Waals surface area contributed by atoms with Gasteiger partial charge in [0.15, 0.2) is 5.43 Å². The summed E-state index contributed by atoms with van der Waals surface area (Å²) in [6.07, 6.45) is 1.53. The lowest BCUT2D eigenvalue weighted by atomic mass is 10.1. The molecule has 1 amide bonds. The second-order valence-corrected chi connectivity index (χ2v) is 7.91. The molecule has 4 nitrogen and oxygen atoms in total. The number of hydrogen-bond donors (Lipinski definition) is 0. The van der Waals surface area contributed by atoms with E-state index in [9.17, 15) is 18.4 Å². The van der Waals surface area contributed by atoms with Crippen molar-refractivity contribution in [3.63, 3.8) is 0 Å². The van der Waals surface area contributed by atoms with Crippen molar-refractivity contribution in [2.45, 2.75) is 13.5 Å². The number of carbonyl (C=O) groups excluding carboxylic acids is 1. The van der Waals surface area contributed by atoms with Gasteiger partial charge in [-0.25, -0.2) is 8.78 Å². The molecule has 0 aliphatic heterocycles. The summed E-state index contributed by atoms with van der Waals surface area (Å²) in [5.74, 6) is -1.52. The van der Waals surface area contributed by atoms with Crippen molar-refractivity contribution in [2.24, 2.45) is 0 Å². The third-order valence-corrected chi connectivity index (χ3v) is 6.28. The van der Waals surface area contributed by atoms with Crippen LogP contribution in [0.5, 0.6) is 0 Å². The zero-order chi connectivity index (χ0) is 21.4. The van der Waals surface area contributed by atoms with Crippen LogP contribution in [0.15, 0.2) is 65.6 Å². The summed E-state index contributed by atoms with van der Waals surface area (Å²) in [6.45, 7) is 1.35. The number of pyridine rings is 1. The number of hydrogen-bond acceptors (Lipinski definition) is 3. The summed E-state index contributed by atoms with van der Waals surface area (Å²) in [5, 5.41) is 0.357. The Morgan fingerprint density at radius 1 is 1.03 bits per heavy atom. The standard InChI is InChI=1S/C23H18F2N2O2S/c1-14(28)26(2)21-20-19(29)11-12-27(13-16-17(24)9-6-10-18(16)25)23(20)30-22(21)15-7-4-3-5-8-15/h3-12H,13H2,1-2H3. The van der Waals surface area contributed by atoms with Gasteiger partial charge in [-0.2, -0.15) is 0 Å². The second-order valence-electron chi connectivity index (χ2n) is 6.91. The number of nitrogens with zero attached hydrogens (tertiary/aromatic N) is 2. The number of aromatic nitrogens is 1. The third-order valence-electron chi connectivity index (χ3n) is 5.01. The van der Waals surface area contributed by atoms with Crippen LogP contribution in [0, 0.1) is 11.6 Å². The minimum atomic E-state index is -0.650. The lowest BCUT2D eigenvalue weighted by Crippen LogP contribution is -2.24. The number of carbonyl (C=O) groups is 1. The Balaban J connectivity index is 2.01.